The molecule has 1 fully saturated rings. The Morgan fingerprint density at radius 1 is 1.31 bits per heavy atom. The number of hydrogen-bond acceptors (Lipinski definition) is 5. The molecule has 136 valence electrons. The highest BCUT2D eigenvalue weighted by Crippen LogP contribution is 2.24. The smallest absolute Gasteiger partial charge is 0.140 e. The molecule has 0 spiro atoms. The van der Waals surface area contributed by atoms with Crippen molar-refractivity contribution in [2.45, 2.75) is 32.2 Å². The molecular formula is C19H22FN5O. The average molecular weight is 355 g/mol. The molecule has 0 radical (unpaired) electrons. The molecule has 2 atom stereocenters. The van der Waals surface area contributed by atoms with E-state index in [1.807, 2.05) is 54.8 Å². The first kappa shape index (κ1) is 16.8. The van der Waals surface area contributed by atoms with Crippen molar-refractivity contribution in [3.05, 3.63) is 42.7 Å². The van der Waals surface area contributed by atoms with E-state index in [0.717, 1.165) is 22.8 Å². The Hall–Kier alpha value is -2.67. The van der Waals surface area contributed by atoms with Gasteiger partial charge in [-0.3, -0.25) is 4.40 Å². The number of pyridine rings is 2. The number of rotatable bonds is 5. The van der Waals surface area contributed by atoms with Crippen LogP contribution in [0.1, 0.15) is 13.8 Å². The molecule has 7 heteroatoms. The van der Waals surface area contributed by atoms with Crippen LogP contribution in [0.15, 0.2) is 42.7 Å². The molecule has 4 heterocycles. The van der Waals surface area contributed by atoms with Crippen LogP contribution in [0.2, 0.25) is 0 Å². The fraction of sp³-hybridized carbons (Fsp3) is 0.368. The highest BCUT2D eigenvalue weighted by Gasteiger charge is 2.26. The summed E-state index contributed by atoms with van der Waals surface area (Å²) in [5, 5.41) is 6.21. The van der Waals surface area contributed by atoms with Crippen LogP contribution in [0, 0.1) is 0 Å². The maximum absolute atomic E-state index is 13.8. The number of nitrogens with zero attached hydrogens (tertiary/aromatic N) is 3. The van der Waals surface area contributed by atoms with Gasteiger partial charge >= 0.3 is 0 Å². The Labute approximate surface area is 151 Å². The maximum Gasteiger partial charge on any atom is 0.140 e. The van der Waals surface area contributed by atoms with Crippen LogP contribution < -0.4 is 15.4 Å². The third kappa shape index (κ3) is 3.35. The zero-order valence-electron chi connectivity index (χ0n) is 14.8. The van der Waals surface area contributed by atoms with Gasteiger partial charge in [0, 0.05) is 25.4 Å². The van der Waals surface area contributed by atoms with Crippen molar-refractivity contribution in [3.8, 4) is 17.1 Å². The summed E-state index contributed by atoms with van der Waals surface area (Å²) in [4.78, 5) is 9.10. The summed E-state index contributed by atoms with van der Waals surface area (Å²) in [5.74, 6) is 1.45. The molecule has 1 aliphatic heterocycles. The number of halogens is 1. The minimum Gasteiger partial charge on any atom is -0.491 e. The van der Waals surface area contributed by atoms with Gasteiger partial charge in [0.25, 0.3) is 0 Å². The number of aromatic nitrogens is 3. The highest BCUT2D eigenvalue weighted by atomic mass is 19.1. The molecule has 0 unspecified atom stereocenters. The fourth-order valence-corrected chi connectivity index (χ4v) is 3.13. The van der Waals surface area contributed by atoms with Crippen LogP contribution in [0.25, 0.3) is 17.0 Å². The predicted molar refractivity (Wildman–Crippen MR) is 99.4 cm³/mol. The Morgan fingerprint density at radius 2 is 2.19 bits per heavy atom. The SMILES string of the molecule is CC(C)Oc1ccn2c(-c3cccc(N[C@H]4CNC[C@@H]4F)n3)cnc2c1. The van der Waals surface area contributed by atoms with Crippen LogP contribution in [0.5, 0.6) is 5.75 Å². The Bertz CT molecular complexity index is 910. The van der Waals surface area contributed by atoms with Crippen molar-refractivity contribution < 1.29 is 9.13 Å². The number of fused-ring (bicyclic) bond motifs is 1. The van der Waals surface area contributed by atoms with E-state index in [0.29, 0.717) is 18.9 Å². The van der Waals surface area contributed by atoms with Crippen LogP contribution in [0.4, 0.5) is 10.2 Å². The van der Waals surface area contributed by atoms with Gasteiger partial charge in [-0.2, -0.15) is 0 Å². The second kappa shape index (κ2) is 6.92. The molecule has 26 heavy (non-hydrogen) atoms. The molecule has 0 bridgehead atoms. The molecule has 4 rings (SSSR count). The minimum absolute atomic E-state index is 0.112. The van der Waals surface area contributed by atoms with Gasteiger partial charge in [0.2, 0.25) is 0 Å². The van der Waals surface area contributed by atoms with E-state index in [1.165, 1.54) is 0 Å². The zero-order chi connectivity index (χ0) is 18.1. The molecule has 1 aliphatic rings. The van der Waals surface area contributed by atoms with Crippen LogP contribution >= 0.6 is 0 Å². The Kier molecular flexibility index (Phi) is 4.46. The fourth-order valence-electron chi connectivity index (χ4n) is 3.13. The lowest BCUT2D eigenvalue weighted by molar-refractivity contribution is 0.242. The second-order valence-corrected chi connectivity index (χ2v) is 6.73. The first-order chi connectivity index (χ1) is 12.6. The van der Waals surface area contributed by atoms with Gasteiger partial charge in [0.05, 0.1) is 29.7 Å². The molecule has 0 saturated carbocycles. The second-order valence-electron chi connectivity index (χ2n) is 6.73. The quantitative estimate of drug-likeness (QED) is 0.737. The van der Waals surface area contributed by atoms with Gasteiger partial charge in [-0.1, -0.05) is 6.07 Å². The molecule has 0 amide bonds. The minimum atomic E-state index is -0.907. The van der Waals surface area contributed by atoms with E-state index in [2.05, 4.69) is 20.6 Å². The molecule has 3 aromatic heterocycles. The maximum atomic E-state index is 13.8. The van der Waals surface area contributed by atoms with Crippen molar-refractivity contribution in [1.29, 1.82) is 0 Å². The molecular weight excluding hydrogens is 333 g/mol. The summed E-state index contributed by atoms with van der Waals surface area (Å²) in [6, 6.07) is 9.26. The van der Waals surface area contributed by atoms with Crippen molar-refractivity contribution in [2.24, 2.45) is 0 Å². The molecule has 0 aromatic carbocycles. The number of alkyl halides is 1. The third-order valence-corrected chi connectivity index (χ3v) is 4.34. The average Bonchev–Trinajstić information content (AvgIpc) is 3.21. The lowest BCUT2D eigenvalue weighted by atomic mass is 10.2. The number of hydrogen-bond donors (Lipinski definition) is 2. The Balaban J connectivity index is 1.62. The van der Waals surface area contributed by atoms with E-state index in [1.54, 1.807) is 6.20 Å². The summed E-state index contributed by atoms with van der Waals surface area (Å²) in [6.45, 7) is 4.96. The summed E-state index contributed by atoms with van der Waals surface area (Å²) in [7, 11) is 0. The number of nitrogens with one attached hydrogen (secondary N) is 2. The summed E-state index contributed by atoms with van der Waals surface area (Å²) in [5.41, 5.74) is 2.45. The predicted octanol–water partition coefficient (Wildman–Crippen LogP) is 2.91. The summed E-state index contributed by atoms with van der Waals surface area (Å²) >= 11 is 0. The standard InChI is InChI=1S/C19H22FN5O/c1-12(2)26-13-6-7-25-17(11-22-19(25)8-13)15-4-3-5-18(23-15)24-16-10-21-9-14(16)20/h3-8,11-12,14,16,21H,9-10H2,1-2H3,(H,23,24)/t14-,16-/m0/s1. The highest BCUT2D eigenvalue weighted by molar-refractivity contribution is 5.63. The van der Waals surface area contributed by atoms with Gasteiger partial charge in [-0.15, -0.1) is 0 Å². The normalized spacial score (nSPS) is 20.0. The third-order valence-electron chi connectivity index (χ3n) is 4.34. The molecule has 1 saturated heterocycles. The molecule has 6 nitrogen and oxygen atoms in total. The van der Waals surface area contributed by atoms with Gasteiger partial charge in [-0.25, -0.2) is 14.4 Å². The van der Waals surface area contributed by atoms with E-state index < -0.39 is 6.17 Å². The van der Waals surface area contributed by atoms with Crippen molar-refractivity contribution in [2.75, 3.05) is 18.4 Å². The lowest BCUT2D eigenvalue weighted by Crippen LogP contribution is -2.29. The number of ether oxygens (including phenoxy) is 1. The van der Waals surface area contributed by atoms with Crippen LogP contribution in [0.3, 0.4) is 0 Å². The number of imidazole rings is 1. The van der Waals surface area contributed by atoms with Gasteiger partial charge in [0.1, 0.15) is 23.4 Å². The largest absolute Gasteiger partial charge is 0.491 e. The topological polar surface area (TPSA) is 63.5 Å². The Morgan fingerprint density at radius 3 is 2.96 bits per heavy atom. The van der Waals surface area contributed by atoms with Crippen LogP contribution in [-0.2, 0) is 0 Å². The first-order valence-electron chi connectivity index (χ1n) is 8.82. The van der Waals surface area contributed by atoms with Crippen molar-refractivity contribution in [3.63, 3.8) is 0 Å². The first-order valence-corrected chi connectivity index (χ1v) is 8.82. The van der Waals surface area contributed by atoms with E-state index in [9.17, 15) is 4.39 Å². The van der Waals surface area contributed by atoms with Crippen molar-refractivity contribution >= 4 is 11.5 Å². The molecule has 0 aliphatic carbocycles. The molecule has 2 N–H and O–H groups in total. The zero-order valence-corrected chi connectivity index (χ0v) is 14.8. The van der Waals surface area contributed by atoms with Gasteiger partial charge in [-0.05, 0) is 32.0 Å². The lowest BCUT2D eigenvalue weighted by Gasteiger charge is -2.15. The van der Waals surface area contributed by atoms with E-state index in [4.69, 9.17) is 4.74 Å². The summed E-state index contributed by atoms with van der Waals surface area (Å²) < 4.78 is 21.5. The monoisotopic (exact) mass is 355 g/mol. The van der Waals surface area contributed by atoms with E-state index in [-0.39, 0.29) is 12.1 Å². The van der Waals surface area contributed by atoms with Gasteiger partial charge in [0.15, 0.2) is 0 Å². The molecule has 3 aromatic rings. The van der Waals surface area contributed by atoms with Gasteiger partial charge < -0.3 is 15.4 Å². The summed E-state index contributed by atoms with van der Waals surface area (Å²) in [6.07, 6.45) is 2.92. The van der Waals surface area contributed by atoms with E-state index >= 15 is 0 Å². The van der Waals surface area contributed by atoms with Crippen LogP contribution in [-0.4, -0.2) is 45.8 Å². The van der Waals surface area contributed by atoms with Crippen molar-refractivity contribution in [1.82, 2.24) is 19.7 Å². The number of anilines is 1.